The van der Waals surface area contributed by atoms with Crippen molar-refractivity contribution >= 4 is 18.4 Å². The molecule has 0 heterocycles. The number of hydrogen-bond acceptors (Lipinski definition) is 4. The Morgan fingerprint density at radius 2 is 1.77 bits per heavy atom. The summed E-state index contributed by atoms with van der Waals surface area (Å²) in [5.41, 5.74) is 2.77. The van der Waals surface area contributed by atoms with Crippen molar-refractivity contribution in [1.82, 2.24) is 5.32 Å². The molecule has 1 N–H and O–H groups in total. The Kier molecular flexibility index (Phi) is 7.64. The molecule has 0 spiro atoms. The summed E-state index contributed by atoms with van der Waals surface area (Å²) in [6.45, 7) is 4.23. The Labute approximate surface area is 161 Å². The van der Waals surface area contributed by atoms with Crippen LogP contribution in [0.15, 0.2) is 54.6 Å². The first kappa shape index (κ1) is 20.4. The van der Waals surface area contributed by atoms with Gasteiger partial charge in [0.1, 0.15) is 0 Å². The summed E-state index contributed by atoms with van der Waals surface area (Å²) < 4.78 is 10.9. The summed E-state index contributed by atoms with van der Waals surface area (Å²) in [5, 5.41) is 3.58. The van der Waals surface area contributed by atoms with Gasteiger partial charge >= 0.3 is 5.97 Å². The third kappa shape index (κ3) is 5.07. The van der Waals surface area contributed by atoms with Crippen LogP contribution in [0.5, 0.6) is 0 Å². The van der Waals surface area contributed by atoms with E-state index in [4.69, 9.17) is 9.47 Å². The average Bonchev–Trinajstić information content (AvgIpc) is 3.43. The second kappa shape index (κ2) is 9.72. The molecule has 0 atom stereocenters. The zero-order chi connectivity index (χ0) is 17.5. The van der Waals surface area contributed by atoms with Gasteiger partial charge in [-0.3, -0.25) is 0 Å². The van der Waals surface area contributed by atoms with Crippen LogP contribution in [0.1, 0.15) is 41.3 Å². The Morgan fingerprint density at radius 1 is 1.08 bits per heavy atom. The molecule has 1 aliphatic carbocycles. The number of carbonyl (C=O) groups is 1. The fraction of sp³-hybridized carbons (Fsp3) is 0.381. The van der Waals surface area contributed by atoms with Gasteiger partial charge in [-0.05, 0) is 37.0 Å². The monoisotopic (exact) mass is 375 g/mol. The first-order chi connectivity index (χ1) is 12.2. The molecule has 0 bridgehead atoms. The number of benzene rings is 2. The Morgan fingerprint density at radius 3 is 2.46 bits per heavy atom. The molecule has 1 aliphatic rings. The maximum absolute atomic E-state index is 12.2. The van der Waals surface area contributed by atoms with Crippen molar-refractivity contribution in [3.05, 3.63) is 71.3 Å². The van der Waals surface area contributed by atoms with Crippen LogP contribution in [0.25, 0.3) is 0 Å². The van der Waals surface area contributed by atoms with Gasteiger partial charge in [0.2, 0.25) is 0 Å². The summed E-state index contributed by atoms with van der Waals surface area (Å²) in [6.07, 6.45) is 2.06. The highest BCUT2D eigenvalue weighted by atomic mass is 35.5. The third-order valence-electron chi connectivity index (χ3n) is 4.51. The summed E-state index contributed by atoms with van der Waals surface area (Å²) in [7, 11) is 0. The van der Waals surface area contributed by atoms with E-state index in [0.717, 1.165) is 24.9 Å². The van der Waals surface area contributed by atoms with Crippen LogP contribution < -0.4 is 5.32 Å². The molecule has 0 radical (unpaired) electrons. The summed E-state index contributed by atoms with van der Waals surface area (Å²) in [5.74, 6) is -0.244. The first-order valence-corrected chi connectivity index (χ1v) is 8.88. The van der Waals surface area contributed by atoms with Crippen molar-refractivity contribution in [2.45, 2.75) is 31.9 Å². The SMILES string of the molecule is CCOC(=O)c1ccccc1C1(NCCOCc2ccccc2)CC1.Cl. The molecule has 0 unspecified atom stereocenters. The van der Waals surface area contributed by atoms with Crippen LogP contribution in [-0.4, -0.2) is 25.7 Å². The van der Waals surface area contributed by atoms with Crippen LogP contribution in [-0.2, 0) is 21.6 Å². The number of halogens is 1. The maximum atomic E-state index is 12.2. The molecule has 1 saturated carbocycles. The molecule has 0 amide bonds. The van der Waals surface area contributed by atoms with Gasteiger partial charge in [0.05, 0.1) is 25.4 Å². The van der Waals surface area contributed by atoms with Crippen LogP contribution in [0.4, 0.5) is 0 Å². The average molecular weight is 376 g/mol. The highest BCUT2D eigenvalue weighted by Gasteiger charge is 2.45. The molecular weight excluding hydrogens is 350 g/mol. The lowest BCUT2D eigenvalue weighted by Crippen LogP contribution is -2.33. The van der Waals surface area contributed by atoms with Crippen molar-refractivity contribution < 1.29 is 14.3 Å². The summed E-state index contributed by atoms with van der Waals surface area (Å²) in [6, 6.07) is 17.9. The van der Waals surface area contributed by atoms with Gasteiger partial charge in [0.15, 0.2) is 0 Å². The molecule has 140 valence electrons. The predicted molar refractivity (Wildman–Crippen MR) is 105 cm³/mol. The van der Waals surface area contributed by atoms with Gasteiger partial charge in [-0.2, -0.15) is 0 Å². The van der Waals surface area contributed by atoms with Crippen molar-refractivity contribution in [2.24, 2.45) is 0 Å². The van der Waals surface area contributed by atoms with Crippen LogP contribution in [0, 0.1) is 0 Å². The van der Waals surface area contributed by atoms with Crippen molar-refractivity contribution in [3.8, 4) is 0 Å². The van der Waals surface area contributed by atoms with E-state index < -0.39 is 0 Å². The van der Waals surface area contributed by atoms with E-state index in [2.05, 4.69) is 17.4 Å². The molecule has 1 fully saturated rings. The highest BCUT2D eigenvalue weighted by Crippen LogP contribution is 2.46. The third-order valence-corrected chi connectivity index (χ3v) is 4.51. The minimum atomic E-state index is -0.244. The molecule has 5 heteroatoms. The smallest absolute Gasteiger partial charge is 0.338 e. The number of rotatable bonds is 9. The predicted octanol–water partition coefficient (Wildman–Crippen LogP) is 4.08. The normalized spacial score (nSPS) is 14.3. The second-order valence-electron chi connectivity index (χ2n) is 6.31. The number of carbonyl (C=O) groups excluding carboxylic acids is 1. The Bertz CT molecular complexity index is 701. The Balaban J connectivity index is 0.00000243. The van der Waals surface area contributed by atoms with Gasteiger partial charge in [0, 0.05) is 12.1 Å². The minimum absolute atomic E-state index is 0. The number of ether oxygens (including phenoxy) is 2. The largest absolute Gasteiger partial charge is 0.462 e. The van der Waals surface area contributed by atoms with E-state index in [1.165, 1.54) is 5.56 Å². The second-order valence-corrected chi connectivity index (χ2v) is 6.31. The summed E-state index contributed by atoms with van der Waals surface area (Å²) in [4.78, 5) is 12.2. The molecule has 0 aliphatic heterocycles. The van der Waals surface area contributed by atoms with E-state index in [1.54, 1.807) is 0 Å². The fourth-order valence-corrected chi connectivity index (χ4v) is 3.08. The molecule has 0 saturated heterocycles. The molecule has 26 heavy (non-hydrogen) atoms. The standard InChI is InChI=1S/C21H25NO3.ClH/c1-2-25-20(23)18-10-6-7-11-19(18)21(12-13-21)22-14-15-24-16-17-8-4-3-5-9-17;/h3-11,22H,2,12-16H2,1H3;1H. The molecule has 3 rings (SSSR count). The minimum Gasteiger partial charge on any atom is -0.462 e. The lowest BCUT2D eigenvalue weighted by atomic mass is 9.98. The van der Waals surface area contributed by atoms with Crippen LogP contribution in [0.2, 0.25) is 0 Å². The van der Waals surface area contributed by atoms with E-state index in [9.17, 15) is 4.79 Å². The summed E-state index contributed by atoms with van der Waals surface area (Å²) >= 11 is 0. The zero-order valence-corrected chi connectivity index (χ0v) is 15.9. The number of nitrogens with one attached hydrogen (secondary N) is 1. The maximum Gasteiger partial charge on any atom is 0.338 e. The Hall–Kier alpha value is -1.88. The van der Waals surface area contributed by atoms with E-state index in [1.807, 2.05) is 49.4 Å². The number of esters is 1. The van der Waals surface area contributed by atoms with Crippen molar-refractivity contribution in [2.75, 3.05) is 19.8 Å². The van der Waals surface area contributed by atoms with Crippen LogP contribution >= 0.6 is 12.4 Å². The van der Waals surface area contributed by atoms with Gasteiger partial charge in [0.25, 0.3) is 0 Å². The fourth-order valence-electron chi connectivity index (χ4n) is 3.08. The van der Waals surface area contributed by atoms with Crippen molar-refractivity contribution in [3.63, 3.8) is 0 Å². The van der Waals surface area contributed by atoms with E-state index in [-0.39, 0.29) is 23.9 Å². The van der Waals surface area contributed by atoms with Crippen molar-refractivity contribution in [1.29, 1.82) is 0 Å². The topological polar surface area (TPSA) is 47.6 Å². The molecule has 0 aromatic heterocycles. The van der Waals surface area contributed by atoms with E-state index >= 15 is 0 Å². The number of hydrogen-bond donors (Lipinski definition) is 1. The quantitative estimate of drug-likeness (QED) is 0.530. The van der Waals surface area contributed by atoms with Gasteiger partial charge in [-0.1, -0.05) is 48.5 Å². The van der Waals surface area contributed by atoms with Gasteiger partial charge < -0.3 is 14.8 Å². The lowest BCUT2D eigenvalue weighted by Gasteiger charge is -2.20. The van der Waals surface area contributed by atoms with Gasteiger partial charge in [-0.15, -0.1) is 12.4 Å². The first-order valence-electron chi connectivity index (χ1n) is 8.88. The van der Waals surface area contributed by atoms with Gasteiger partial charge in [-0.25, -0.2) is 4.79 Å². The zero-order valence-electron chi connectivity index (χ0n) is 15.1. The van der Waals surface area contributed by atoms with E-state index in [0.29, 0.717) is 25.4 Å². The highest BCUT2D eigenvalue weighted by molar-refractivity contribution is 5.91. The molecule has 4 nitrogen and oxygen atoms in total. The lowest BCUT2D eigenvalue weighted by molar-refractivity contribution is 0.0523. The molecule has 2 aromatic rings. The molecular formula is C21H26ClNO3. The molecule has 2 aromatic carbocycles. The van der Waals surface area contributed by atoms with Crippen LogP contribution in [0.3, 0.4) is 0 Å².